The molecule has 0 aliphatic rings. The predicted octanol–water partition coefficient (Wildman–Crippen LogP) is 4.76. The van der Waals surface area contributed by atoms with Crippen LogP contribution in [0.15, 0.2) is 66.7 Å². The molecule has 6 nitrogen and oxygen atoms in total. The SMILES string of the molecule is CC(C)c1nn(-c2ccccc2)c2sc(C(=O)NCCCNC(=O)c3ccccc3)cc12. The van der Waals surface area contributed by atoms with Gasteiger partial charge in [-0.15, -0.1) is 11.3 Å². The Kier molecular flexibility index (Phi) is 6.66. The zero-order valence-electron chi connectivity index (χ0n) is 18.2. The second-order valence-corrected chi connectivity index (χ2v) is 8.88. The number of nitrogens with zero attached hydrogens (tertiary/aromatic N) is 2. The van der Waals surface area contributed by atoms with E-state index in [-0.39, 0.29) is 17.7 Å². The molecule has 7 heteroatoms. The van der Waals surface area contributed by atoms with E-state index >= 15 is 0 Å². The van der Waals surface area contributed by atoms with Gasteiger partial charge >= 0.3 is 0 Å². The molecule has 0 atom stereocenters. The maximum atomic E-state index is 12.7. The number of fused-ring (bicyclic) bond motifs is 1. The molecule has 4 aromatic rings. The first kappa shape index (κ1) is 21.8. The van der Waals surface area contributed by atoms with E-state index in [1.165, 1.54) is 11.3 Å². The largest absolute Gasteiger partial charge is 0.352 e. The number of hydrogen-bond acceptors (Lipinski definition) is 4. The van der Waals surface area contributed by atoms with Gasteiger partial charge in [-0.3, -0.25) is 9.59 Å². The molecule has 0 fully saturated rings. The van der Waals surface area contributed by atoms with Crippen molar-refractivity contribution in [3.8, 4) is 5.69 Å². The minimum absolute atomic E-state index is 0.102. The second-order valence-electron chi connectivity index (χ2n) is 7.85. The Morgan fingerprint density at radius 3 is 2.22 bits per heavy atom. The zero-order valence-corrected chi connectivity index (χ0v) is 19.0. The Labute approximate surface area is 191 Å². The van der Waals surface area contributed by atoms with E-state index in [9.17, 15) is 9.59 Å². The predicted molar refractivity (Wildman–Crippen MR) is 129 cm³/mol. The lowest BCUT2D eigenvalue weighted by Crippen LogP contribution is -2.29. The molecule has 32 heavy (non-hydrogen) atoms. The van der Waals surface area contributed by atoms with Crippen molar-refractivity contribution in [2.75, 3.05) is 13.1 Å². The van der Waals surface area contributed by atoms with Crippen molar-refractivity contribution in [2.45, 2.75) is 26.2 Å². The van der Waals surface area contributed by atoms with E-state index in [0.29, 0.717) is 30.0 Å². The van der Waals surface area contributed by atoms with Crippen molar-refractivity contribution in [3.63, 3.8) is 0 Å². The highest BCUT2D eigenvalue weighted by Gasteiger charge is 2.20. The third kappa shape index (κ3) is 4.73. The molecule has 0 bridgehead atoms. The molecule has 164 valence electrons. The highest BCUT2D eigenvalue weighted by atomic mass is 32.1. The maximum absolute atomic E-state index is 12.7. The lowest BCUT2D eigenvalue weighted by molar-refractivity contribution is 0.0953. The third-order valence-electron chi connectivity index (χ3n) is 5.12. The number of aromatic nitrogens is 2. The molecule has 4 rings (SSSR count). The first-order chi connectivity index (χ1) is 15.5. The van der Waals surface area contributed by atoms with Crippen molar-refractivity contribution in [2.24, 2.45) is 0 Å². The van der Waals surface area contributed by atoms with Gasteiger partial charge in [0.2, 0.25) is 0 Å². The molecule has 0 saturated heterocycles. The van der Waals surface area contributed by atoms with Crippen LogP contribution in [0.4, 0.5) is 0 Å². The van der Waals surface area contributed by atoms with E-state index in [1.54, 1.807) is 12.1 Å². The summed E-state index contributed by atoms with van der Waals surface area (Å²) in [7, 11) is 0. The fourth-order valence-electron chi connectivity index (χ4n) is 3.48. The van der Waals surface area contributed by atoms with E-state index in [0.717, 1.165) is 21.6 Å². The zero-order chi connectivity index (χ0) is 22.5. The first-order valence-corrected chi connectivity index (χ1v) is 11.6. The molecule has 0 unspecified atom stereocenters. The monoisotopic (exact) mass is 446 g/mol. The number of carbonyl (C=O) groups excluding carboxylic acids is 2. The summed E-state index contributed by atoms with van der Waals surface area (Å²) in [6, 6.07) is 21.0. The molecule has 2 N–H and O–H groups in total. The smallest absolute Gasteiger partial charge is 0.261 e. The van der Waals surface area contributed by atoms with Crippen LogP contribution in [0.2, 0.25) is 0 Å². The van der Waals surface area contributed by atoms with Gasteiger partial charge in [-0.25, -0.2) is 4.68 Å². The van der Waals surface area contributed by atoms with Crippen molar-refractivity contribution < 1.29 is 9.59 Å². The average molecular weight is 447 g/mol. The quantitative estimate of drug-likeness (QED) is 0.383. The summed E-state index contributed by atoms with van der Waals surface area (Å²) in [4.78, 5) is 26.4. The molecule has 0 aliphatic carbocycles. The average Bonchev–Trinajstić information content (AvgIpc) is 3.39. The van der Waals surface area contributed by atoms with Gasteiger partial charge in [-0.2, -0.15) is 5.10 Å². The number of nitrogens with one attached hydrogen (secondary N) is 2. The Balaban J connectivity index is 1.39. The van der Waals surface area contributed by atoms with Crippen molar-refractivity contribution in [3.05, 3.63) is 82.9 Å². The topological polar surface area (TPSA) is 76.0 Å². The molecule has 0 spiro atoms. The van der Waals surface area contributed by atoms with Gasteiger partial charge in [0, 0.05) is 24.0 Å². The van der Waals surface area contributed by atoms with Crippen LogP contribution in [0.3, 0.4) is 0 Å². The maximum Gasteiger partial charge on any atom is 0.261 e. The first-order valence-electron chi connectivity index (χ1n) is 10.7. The number of rotatable bonds is 8. The van der Waals surface area contributed by atoms with Gasteiger partial charge in [0.05, 0.1) is 16.3 Å². The van der Waals surface area contributed by atoms with Gasteiger partial charge < -0.3 is 10.6 Å². The number of benzene rings is 2. The van der Waals surface area contributed by atoms with E-state index in [2.05, 4.69) is 24.5 Å². The molecule has 0 saturated carbocycles. The van der Waals surface area contributed by atoms with Crippen LogP contribution in [-0.2, 0) is 0 Å². The summed E-state index contributed by atoms with van der Waals surface area (Å²) in [5, 5.41) is 11.7. The Hall–Kier alpha value is -3.45. The minimum Gasteiger partial charge on any atom is -0.352 e. The summed E-state index contributed by atoms with van der Waals surface area (Å²) in [6.07, 6.45) is 0.657. The van der Waals surface area contributed by atoms with Gasteiger partial charge in [-0.05, 0) is 42.7 Å². The molecule has 2 heterocycles. The summed E-state index contributed by atoms with van der Waals surface area (Å²) < 4.78 is 1.92. The van der Waals surface area contributed by atoms with Gasteiger partial charge in [-0.1, -0.05) is 50.2 Å². The van der Waals surface area contributed by atoms with Gasteiger partial charge in [0.25, 0.3) is 11.8 Å². The number of carbonyl (C=O) groups is 2. The summed E-state index contributed by atoms with van der Waals surface area (Å²) in [5.41, 5.74) is 2.60. The highest BCUT2D eigenvalue weighted by Crippen LogP contribution is 2.33. The van der Waals surface area contributed by atoms with Crippen LogP contribution in [-0.4, -0.2) is 34.7 Å². The molecule has 2 aromatic carbocycles. The fraction of sp³-hybridized carbons (Fsp3) is 0.240. The summed E-state index contributed by atoms with van der Waals surface area (Å²) in [5.74, 6) is 0.0456. The molecule has 0 aliphatic heterocycles. The molecule has 0 radical (unpaired) electrons. The second kappa shape index (κ2) is 9.78. The van der Waals surface area contributed by atoms with Gasteiger partial charge in [0.15, 0.2) is 0 Å². The number of thiophene rings is 1. The highest BCUT2D eigenvalue weighted by molar-refractivity contribution is 7.20. The Bertz CT molecular complexity index is 1210. The standard InChI is InChI=1S/C25H26N4O2S/c1-17(2)22-20-16-21(32-25(20)29(28-22)19-12-7-4-8-13-19)24(31)27-15-9-14-26-23(30)18-10-5-3-6-11-18/h3-8,10-13,16-17H,9,14-15H2,1-2H3,(H,26,30)(H,27,31). The lowest BCUT2D eigenvalue weighted by Gasteiger charge is -2.06. The van der Waals surface area contributed by atoms with Crippen molar-refractivity contribution in [1.29, 1.82) is 0 Å². The lowest BCUT2D eigenvalue weighted by atomic mass is 10.1. The Morgan fingerprint density at radius 1 is 0.938 bits per heavy atom. The third-order valence-corrected chi connectivity index (χ3v) is 6.23. The van der Waals surface area contributed by atoms with Crippen LogP contribution in [0, 0.1) is 0 Å². The van der Waals surface area contributed by atoms with Gasteiger partial charge in [0.1, 0.15) is 4.83 Å². The van der Waals surface area contributed by atoms with E-state index in [4.69, 9.17) is 5.10 Å². The fourth-order valence-corrected chi connectivity index (χ4v) is 4.54. The molecular formula is C25H26N4O2S. The Morgan fingerprint density at radius 2 is 1.56 bits per heavy atom. The van der Waals surface area contributed by atoms with Crippen molar-refractivity contribution >= 4 is 33.4 Å². The molecule has 2 aromatic heterocycles. The molecule has 2 amide bonds. The van der Waals surface area contributed by atoms with E-state index < -0.39 is 0 Å². The van der Waals surface area contributed by atoms with Crippen LogP contribution in [0.25, 0.3) is 15.9 Å². The number of hydrogen-bond donors (Lipinski definition) is 2. The summed E-state index contributed by atoms with van der Waals surface area (Å²) in [6.45, 7) is 5.21. The van der Waals surface area contributed by atoms with E-state index in [1.807, 2.05) is 59.3 Å². The number of amides is 2. The van der Waals surface area contributed by atoms with Crippen LogP contribution in [0.5, 0.6) is 0 Å². The minimum atomic E-state index is -0.104. The number of para-hydroxylation sites is 1. The molecular weight excluding hydrogens is 420 g/mol. The normalized spacial score (nSPS) is 11.1. The van der Waals surface area contributed by atoms with Crippen molar-refractivity contribution in [1.82, 2.24) is 20.4 Å². The van der Waals surface area contributed by atoms with Crippen LogP contribution < -0.4 is 10.6 Å². The van der Waals surface area contributed by atoms with Crippen LogP contribution in [0.1, 0.15) is 51.9 Å². The summed E-state index contributed by atoms with van der Waals surface area (Å²) >= 11 is 1.45. The van der Waals surface area contributed by atoms with Crippen LogP contribution >= 0.6 is 11.3 Å².